The number of anilines is 1. The van der Waals surface area contributed by atoms with E-state index in [1.807, 2.05) is 36.4 Å². The van der Waals surface area contributed by atoms with Gasteiger partial charge < -0.3 is 28.5 Å². The van der Waals surface area contributed by atoms with Crippen molar-refractivity contribution >= 4 is 33.9 Å². The van der Waals surface area contributed by atoms with E-state index in [2.05, 4.69) is 46.7 Å². The van der Waals surface area contributed by atoms with Gasteiger partial charge in [-0.15, -0.1) is 11.3 Å². The molecule has 2 fully saturated rings. The summed E-state index contributed by atoms with van der Waals surface area (Å²) < 4.78 is 20.4. The molecule has 3 aliphatic rings. The lowest BCUT2D eigenvalue weighted by molar-refractivity contribution is 0.0702. The smallest absolute Gasteiger partial charge is 0.348 e. The van der Waals surface area contributed by atoms with Crippen molar-refractivity contribution in [3.8, 4) is 27.4 Å². The highest BCUT2D eigenvalue weighted by molar-refractivity contribution is 7.18. The Bertz CT molecular complexity index is 1780. The maximum Gasteiger partial charge on any atom is 0.348 e. The second kappa shape index (κ2) is 10.1. The quantitative estimate of drug-likeness (QED) is 0.195. The fourth-order valence-electron chi connectivity index (χ4n) is 6.81. The fraction of sp³-hybridized carbons (Fsp3) is 0.324. The first-order valence-electron chi connectivity index (χ1n) is 14.7. The number of aromatic carboxylic acids is 1. The minimum absolute atomic E-state index is 0.112. The summed E-state index contributed by atoms with van der Waals surface area (Å²) in [7, 11) is 0. The Morgan fingerprint density at radius 2 is 1.90 bits per heavy atom. The van der Waals surface area contributed by atoms with Crippen LogP contribution in [0.25, 0.3) is 32.6 Å². The van der Waals surface area contributed by atoms with Gasteiger partial charge in [-0.05, 0) is 72.7 Å². The Kier molecular flexibility index (Phi) is 6.16. The van der Waals surface area contributed by atoms with E-state index in [4.69, 9.17) is 13.9 Å². The monoisotopic (exact) mass is 580 g/mol. The van der Waals surface area contributed by atoms with Crippen LogP contribution < -0.4 is 9.64 Å². The first-order valence-corrected chi connectivity index (χ1v) is 15.5. The topological polar surface area (TPSA) is 80.4 Å². The molecule has 214 valence electrons. The van der Waals surface area contributed by atoms with Crippen LogP contribution in [0.5, 0.6) is 5.75 Å². The molecule has 1 aliphatic carbocycles. The normalized spacial score (nSPS) is 22.8. The minimum Gasteiger partial charge on any atom is -0.477 e. The van der Waals surface area contributed by atoms with Gasteiger partial charge in [0, 0.05) is 15.8 Å². The molecular formula is C34H32N2O5S. The van der Waals surface area contributed by atoms with E-state index in [1.165, 1.54) is 29.6 Å². The van der Waals surface area contributed by atoms with Gasteiger partial charge in [0.1, 0.15) is 22.5 Å². The summed E-state index contributed by atoms with van der Waals surface area (Å²) in [5, 5.41) is 11.5. The molecule has 2 atom stereocenters. The number of aromatic nitrogens is 1. The molecule has 0 bridgehead atoms. The number of hydrogen-bond donors (Lipinski definition) is 1. The molecule has 2 aromatic carbocycles. The van der Waals surface area contributed by atoms with Gasteiger partial charge in [0.25, 0.3) is 0 Å². The van der Waals surface area contributed by atoms with Crippen molar-refractivity contribution in [3.05, 3.63) is 83.6 Å². The van der Waals surface area contributed by atoms with Gasteiger partial charge >= 0.3 is 5.97 Å². The summed E-state index contributed by atoms with van der Waals surface area (Å²) in [6.07, 6.45) is 6.37. The van der Waals surface area contributed by atoms with Crippen LogP contribution in [0.4, 0.5) is 5.69 Å². The Balaban J connectivity index is 1.14. The zero-order chi connectivity index (χ0) is 28.4. The van der Waals surface area contributed by atoms with Crippen LogP contribution in [0.15, 0.2) is 77.4 Å². The number of benzene rings is 2. The predicted octanol–water partition coefficient (Wildman–Crippen LogP) is 8.24. The van der Waals surface area contributed by atoms with E-state index in [0.717, 1.165) is 57.5 Å². The standard InChI is InChI=1S/C34H32N2O5S/c1-20-8-10-21(11-9-20)31-33(41-31)35(18-24-6-4-14-39-24)28-17-30(42-32(28)34(37)38)23-12-13-25-27-15-22-5-2-3-7-26(22)36(27)19-40-29(25)16-23/h2-7,12-17,20-21,31,33H,8-11,18-19H2,1H3,(H,37,38)/t20?,21?,31?,33-/m1/s1. The summed E-state index contributed by atoms with van der Waals surface area (Å²) in [6, 6.07) is 22.5. The van der Waals surface area contributed by atoms with Crippen molar-refractivity contribution in [1.82, 2.24) is 4.57 Å². The van der Waals surface area contributed by atoms with E-state index in [-0.39, 0.29) is 12.3 Å². The maximum absolute atomic E-state index is 12.6. The highest BCUT2D eigenvalue weighted by Gasteiger charge is 2.50. The molecule has 1 unspecified atom stereocenters. The lowest BCUT2D eigenvalue weighted by atomic mass is 9.81. The van der Waals surface area contributed by atoms with Crippen molar-refractivity contribution in [3.63, 3.8) is 0 Å². The molecule has 8 heteroatoms. The largest absolute Gasteiger partial charge is 0.477 e. The molecule has 1 N–H and O–H groups in total. The average Bonchev–Trinajstić information content (AvgIpc) is 3.33. The number of nitrogens with zero attached hydrogens (tertiary/aromatic N) is 2. The second-order valence-electron chi connectivity index (χ2n) is 11.8. The highest BCUT2D eigenvalue weighted by Crippen LogP contribution is 2.47. The van der Waals surface area contributed by atoms with Crippen molar-refractivity contribution in [2.24, 2.45) is 11.8 Å². The fourth-order valence-corrected chi connectivity index (χ4v) is 7.81. The van der Waals surface area contributed by atoms with Gasteiger partial charge in [0.2, 0.25) is 0 Å². The number of rotatable bonds is 7. The Morgan fingerprint density at radius 1 is 1.05 bits per heavy atom. The summed E-state index contributed by atoms with van der Waals surface area (Å²) in [6.45, 7) is 3.21. The second-order valence-corrected chi connectivity index (χ2v) is 12.9. The van der Waals surface area contributed by atoms with Crippen LogP contribution in [0.1, 0.15) is 48.0 Å². The van der Waals surface area contributed by atoms with Gasteiger partial charge in [-0.3, -0.25) is 0 Å². The number of carbonyl (C=O) groups is 1. The van der Waals surface area contributed by atoms with Crippen molar-refractivity contribution < 1.29 is 23.8 Å². The third-order valence-corrected chi connectivity index (χ3v) is 10.3. The SMILES string of the molecule is CC1CCC(C2O[C@H]2N(Cc2ccco2)c2cc(-c3ccc4c(c3)OCn3c-4cc4ccccc43)sc2C(=O)O)CC1. The van der Waals surface area contributed by atoms with Gasteiger partial charge in [-0.1, -0.05) is 44.0 Å². The first-order chi connectivity index (χ1) is 20.5. The Labute approximate surface area is 247 Å². The van der Waals surface area contributed by atoms with E-state index >= 15 is 0 Å². The van der Waals surface area contributed by atoms with Gasteiger partial charge in [0.15, 0.2) is 13.0 Å². The number of ether oxygens (including phenoxy) is 2. The molecule has 0 spiro atoms. The lowest BCUT2D eigenvalue weighted by Gasteiger charge is -2.26. The molecule has 0 amide bonds. The van der Waals surface area contributed by atoms with Crippen LogP contribution in [-0.2, 0) is 18.0 Å². The molecule has 7 nitrogen and oxygen atoms in total. The highest BCUT2D eigenvalue weighted by atomic mass is 32.1. The van der Waals surface area contributed by atoms with Crippen molar-refractivity contribution in [2.45, 2.75) is 58.2 Å². The van der Waals surface area contributed by atoms with Gasteiger partial charge in [-0.25, -0.2) is 4.79 Å². The zero-order valence-corrected chi connectivity index (χ0v) is 24.2. The number of thiophene rings is 1. The van der Waals surface area contributed by atoms with Gasteiger partial charge in [0.05, 0.1) is 29.7 Å². The van der Waals surface area contributed by atoms with Gasteiger partial charge in [-0.2, -0.15) is 0 Å². The molecule has 42 heavy (non-hydrogen) atoms. The van der Waals surface area contributed by atoms with E-state index in [1.54, 1.807) is 6.26 Å². The molecule has 3 aromatic heterocycles. The molecule has 0 radical (unpaired) electrons. The molecule has 5 heterocycles. The zero-order valence-electron chi connectivity index (χ0n) is 23.4. The number of hydrogen-bond acceptors (Lipinski definition) is 6. The molecule has 2 aliphatic heterocycles. The van der Waals surface area contributed by atoms with Crippen LogP contribution in [0.2, 0.25) is 0 Å². The first kappa shape index (κ1) is 25.7. The maximum atomic E-state index is 12.6. The average molecular weight is 581 g/mol. The van der Waals surface area contributed by atoms with Crippen LogP contribution in [0.3, 0.4) is 0 Å². The number of carboxylic acid groups (broad SMARTS) is 1. The summed E-state index contributed by atoms with van der Waals surface area (Å²) in [5.41, 5.74) is 4.92. The third-order valence-electron chi connectivity index (χ3n) is 9.16. The molecule has 1 saturated heterocycles. The summed E-state index contributed by atoms with van der Waals surface area (Å²) in [5.74, 6) is 1.92. The molecule has 5 aromatic rings. The number of para-hydroxylation sites is 1. The summed E-state index contributed by atoms with van der Waals surface area (Å²) >= 11 is 1.30. The van der Waals surface area contributed by atoms with Crippen LogP contribution >= 0.6 is 11.3 Å². The molecule has 1 saturated carbocycles. The van der Waals surface area contributed by atoms with E-state index in [0.29, 0.717) is 29.8 Å². The minimum atomic E-state index is -0.937. The van der Waals surface area contributed by atoms with Crippen molar-refractivity contribution in [1.29, 1.82) is 0 Å². The van der Waals surface area contributed by atoms with E-state index < -0.39 is 5.97 Å². The van der Waals surface area contributed by atoms with E-state index in [9.17, 15) is 9.90 Å². The number of furan rings is 1. The lowest BCUT2D eigenvalue weighted by Crippen LogP contribution is -2.31. The molecular weight excluding hydrogens is 548 g/mol. The molecule has 8 rings (SSSR count). The Morgan fingerprint density at radius 3 is 2.71 bits per heavy atom. The van der Waals surface area contributed by atoms with Crippen molar-refractivity contribution in [2.75, 3.05) is 4.90 Å². The number of carboxylic acids is 1. The summed E-state index contributed by atoms with van der Waals surface area (Å²) in [4.78, 5) is 15.9. The van der Waals surface area contributed by atoms with Crippen LogP contribution in [-0.4, -0.2) is 28.0 Å². The number of fused-ring (bicyclic) bond motifs is 5. The van der Waals surface area contributed by atoms with Crippen LogP contribution in [0, 0.1) is 11.8 Å². The third kappa shape index (κ3) is 4.41. The number of epoxide rings is 1. The Hall–Kier alpha value is -4.01. The predicted molar refractivity (Wildman–Crippen MR) is 163 cm³/mol.